The van der Waals surface area contributed by atoms with Crippen LogP contribution in [0.1, 0.15) is 11.7 Å². The van der Waals surface area contributed by atoms with E-state index in [1.807, 2.05) is 0 Å². The van der Waals surface area contributed by atoms with Gasteiger partial charge in [0.2, 0.25) is 5.89 Å². The Kier molecular flexibility index (Phi) is 6.71. The molecule has 7 nitrogen and oxygen atoms in total. The minimum absolute atomic E-state index is 0.267. The van der Waals surface area contributed by atoms with Gasteiger partial charge >= 0.3 is 0 Å². The van der Waals surface area contributed by atoms with Gasteiger partial charge < -0.3 is 19.7 Å². The molecule has 0 aliphatic rings. The van der Waals surface area contributed by atoms with Gasteiger partial charge in [0.1, 0.15) is 0 Å². The van der Waals surface area contributed by atoms with Crippen LogP contribution in [0.4, 0.5) is 0 Å². The first-order chi connectivity index (χ1) is 8.30. The lowest BCUT2D eigenvalue weighted by Gasteiger charge is -2.19. The standard InChI is InChI=1S/C10H20N4O3/c1-15-5-3-14(4-6-16-2)8-9-12-10(7-11)17-13-9/h3-8,11H2,1-2H3. The molecule has 7 heteroatoms. The number of aromatic nitrogens is 2. The Bertz CT molecular complexity index is 297. The molecule has 98 valence electrons. The van der Waals surface area contributed by atoms with Gasteiger partial charge in [0, 0.05) is 27.3 Å². The topological polar surface area (TPSA) is 86.6 Å². The average Bonchev–Trinajstić information content (AvgIpc) is 2.80. The van der Waals surface area contributed by atoms with Crippen molar-refractivity contribution in [1.82, 2.24) is 15.0 Å². The highest BCUT2D eigenvalue weighted by Gasteiger charge is 2.10. The lowest BCUT2D eigenvalue weighted by Crippen LogP contribution is -2.30. The van der Waals surface area contributed by atoms with Crippen molar-refractivity contribution >= 4 is 0 Å². The first kappa shape index (κ1) is 14.0. The molecule has 1 aromatic heterocycles. The van der Waals surface area contributed by atoms with Gasteiger partial charge in [-0.3, -0.25) is 4.90 Å². The zero-order chi connectivity index (χ0) is 12.5. The highest BCUT2D eigenvalue weighted by Crippen LogP contribution is 2.01. The van der Waals surface area contributed by atoms with E-state index in [1.165, 1.54) is 0 Å². The highest BCUT2D eigenvalue weighted by molar-refractivity contribution is 4.85. The minimum Gasteiger partial charge on any atom is -0.383 e. The molecule has 1 aromatic rings. The van der Waals surface area contributed by atoms with Gasteiger partial charge in [-0.1, -0.05) is 5.16 Å². The van der Waals surface area contributed by atoms with Gasteiger partial charge in [-0.2, -0.15) is 4.98 Å². The van der Waals surface area contributed by atoms with Crippen molar-refractivity contribution in [1.29, 1.82) is 0 Å². The molecule has 0 fully saturated rings. The second-order valence-electron chi connectivity index (χ2n) is 3.57. The molecule has 0 unspecified atom stereocenters. The Morgan fingerprint density at radius 2 is 1.88 bits per heavy atom. The van der Waals surface area contributed by atoms with Crippen LogP contribution in [0.5, 0.6) is 0 Å². The normalized spacial score (nSPS) is 11.3. The summed E-state index contributed by atoms with van der Waals surface area (Å²) in [7, 11) is 3.35. The fraction of sp³-hybridized carbons (Fsp3) is 0.800. The third-order valence-electron chi connectivity index (χ3n) is 2.27. The monoisotopic (exact) mass is 244 g/mol. The number of ether oxygens (including phenoxy) is 2. The largest absolute Gasteiger partial charge is 0.383 e. The summed E-state index contributed by atoms with van der Waals surface area (Å²) in [6, 6.07) is 0. The fourth-order valence-corrected chi connectivity index (χ4v) is 1.35. The van der Waals surface area contributed by atoms with E-state index >= 15 is 0 Å². The Morgan fingerprint density at radius 3 is 2.35 bits per heavy atom. The van der Waals surface area contributed by atoms with E-state index in [0.717, 1.165) is 13.1 Å². The molecule has 17 heavy (non-hydrogen) atoms. The van der Waals surface area contributed by atoms with Gasteiger partial charge in [-0.15, -0.1) is 0 Å². The van der Waals surface area contributed by atoms with E-state index in [-0.39, 0.29) is 6.54 Å². The van der Waals surface area contributed by atoms with Crippen LogP contribution < -0.4 is 5.73 Å². The molecule has 0 aliphatic carbocycles. The van der Waals surface area contributed by atoms with Crippen LogP contribution in [0.25, 0.3) is 0 Å². The summed E-state index contributed by atoms with van der Waals surface area (Å²) in [5, 5.41) is 3.85. The Labute approximate surface area is 101 Å². The molecule has 0 aliphatic heterocycles. The summed E-state index contributed by atoms with van der Waals surface area (Å²) in [5.41, 5.74) is 5.40. The third-order valence-corrected chi connectivity index (χ3v) is 2.27. The number of nitrogens with two attached hydrogens (primary N) is 1. The third kappa shape index (κ3) is 5.22. The molecule has 1 heterocycles. The van der Waals surface area contributed by atoms with Crippen molar-refractivity contribution in [2.24, 2.45) is 5.73 Å². The molecule has 0 radical (unpaired) electrons. The molecule has 0 saturated heterocycles. The Hall–Kier alpha value is -1.02. The maximum absolute atomic E-state index is 5.40. The number of nitrogens with zero attached hydrogens (tertiary/aromatic N) is 3. The summed E-state index contributed by atoms with van der Waals surface area (Å²) >= 11 is 0. The number of rotatable bonds is 9. The molecule has 1 rings (SSSR count). The minimum atomic E-state index is 0.267. The zero-order valence-corrected chi connectivity index (χ0v) is 10.4. The van der Waals surface area contributed by atoms with Crippen molar-refractivity contribution in [3.8, 4) is 0 Å². The molecule has 0 saturated carbocycles. The van der Waals surface area contributed by atoms with Gasteiger partial charge in [0.15, 0.2) is 5.82 Å². The number of hydrogen-bond acceptors (Lipinski definition) is 7. The smallest absolute Gasteiger partial charge is 0.240 e. The predicted octanol–water partition coefficient (Wildman–Crippen LogP) is -0.377. The van der Waals surface area contributed by atoms with E-state index < -0.39 is 0 Å². The van der Waals surface area contributed by atoms with Crippen molar-refractivity contribution < 1.29 is 14.0 Å². The summed E-state index contributed by atoms with van der Waals surface area (Å²) in [4.78, 5) is 6.30. The highest BCUT2D eigenvalue weighted by atomic mass is 16.5. The van der Waals surface area contributed by atoms with Gasteiger partial charge in [0.05, 0.1) is 26.3 Å². The van der Waals surface area contributed by atoms with Crippen LogP contribution in [0.15, 0.2) is 4.52 Å². The van der Waals surface area contributed by atoms with E-state index in [1.54, 1.807) is 14.2 Å². The van der Waals surface area contributed by atoms with Gasteiger partial charge in [-0.05, 0) is 0 Å². The first-order valence-corrected chi connectivity index (χ1v) is 5.52. The summed E-state index contributed by atoms with van der Waals surface area (Å²) in [5.74, 6) is 1.09. The molecule has 0 atom stereocenters. The maximum atomic E-state index is 5.40. The lowest BCUT2D eigenvalue weighted by molar-refractivity contribution is 0.108. The fourth-order valence-electron chi connectivity index (χ4n) is 1.35. The Balaban J connectivity index is 2.45. The van der Waals surface area contributed by atoms with Crippen LogP contribution in [0, 0.1) is 0 Å². The van der Waals surface area contributed by atoms with E-state index in [9.17, 15) is 0 Å². The summed E-state index contributed by atoms with van der Waals surface area (Å²) in [6.07, 6.45) is 0. The van der Waals surface area contributed by atoms with Crippen LogP contribution in [0.3, 0.4) is 0 Å². The van der Waals surface area contributed by atoms with Gasteiger partial charge in [-0.25, -0.2) is 0 Å². The molecule has 2 N–H and O–H groups in total. The van der Waals surface area contributed by atoms with Crippen LogP contribution >= 0.6 is 0 Å². The second-order valence-corrected chi connectivity index (χ2v) is 3.57. The van der Waals surface area contributed by atoms with E-state index in [4.69, 9.17) is 19.7 Å². The SMILES string of the molecule is COCCN(CCOC)Cc1noc(CN)n1. The Morgan fingerprint density at radius 1 is 1.24 bits per heavy atom. The number of hydrogen-bond donors (Lipinski definition) is 1. The quantitative estimate of drug-likeness (QED) is 0.633. The first-order valence-electron chi connectivity index (χ1n) is 5.52. The number of methoxy groups -OCH3 is 2. The van der Waals surface area contributed by atoms with Crippen molar-refractivity contribution in [2.45, 2.75) is 13.1 Å². The molecular formula is C10H20N4O3. The predicted molar refractivity (Wildman–Crippen MR) is 61.2 cm³/mol. The van der Waals surface area contributed by atoms with Crippen molar-refractivity contribution in [3.05, 3.63) is 11.7 Å². The van der Waals surface area contributed by atoms with Crippen LogP contribution in [-0.4, -0.2) is 55.6 Å². The van der Waals surface area contributed by atoms with Crippen LogP contribution in [0.2, 0.25) is 0 Å². The second kappa shape index (κ2) is 8.13. The lowest BCUT2D eigenvalue weighted by atomic mass is 10.4. The average molecular weight is 244 g/mol. The molecular weight excluding hydrogens is 224 g/mol. The van der Waals surface area contributed by atoms with Crippen LogP contribution in [-0.2, 0) is 22.6 Å². The van der Waals surface area contributed by atoms with Crippen molar-refractivity contribution in [3.63, 3.8) is 0 Å². The molecule has 0 spiro atoms. The molecule has 0 aromatic carbocycles. The van der Waals surface area contributed by atoms with E-state index in [0.29, 0.717) is 31.5 Å². The van der Waals surface area contributed by atoms with Crippen molar-refractivity contribution in [2.75, 3.05) is 40.5 Å². The van der Waals surface area contributed by atoms with Gasteiger partial charge in [0.25, 0.3) is 0 Å². The summed E-state index contributed by atoms with van der Waals surface area (Å²) < 4.78 is 15.0. The van der Waals surface area contributed by atoms with E-state index in [2.05, 4.69) is 15.0 Å². The molecule has 0 amide bonds. The zero-order valence-electron chi connectivity index (χ0n) is 10.4. The summed E-state index contributed by atoms with van der Waals surface area (Å²) in [6.45, 7) is 3.79. The maximum Gasteiger partial charge on any atom is 0.240 e. The molecule has 0 bridgehead atoms.